The van der Waals surface area contributed by atoms with E-state index in [1.165, 1.54) is 51.1 Å². The van der Waals surface area contributed by atoms with Gasteiger partial charge in [0.25, 0.3) is 0 Å². The maximum Gasteiger partial charge on any atom is 0.0445 e. The fraction of sp³-hybridized carbons (Fsp3) is 1.00. The molecule has 2 N–H and O–H groups in total. The fourth-order valence-electron chi connectivity index (χ4n) is 3.94. The highest BCUT2D eigenvalue weighted by atomic mass is 32.2. The molecular weight excluding hydrogens is 254 g/mol. The lowest BCUT2D eigenvalue weighted by Gasteiger charge is -2.49. The van der Waals surface area contributed by atoms with E-state index < -0.39 is 0 Å². The van der Waals surface area contributed by atoms with E-state index in [1.807, 2.05) is 0 Å². The maximum absolute atomic E-state index is 6.20. The van der Waals surface area contributed by atoms with Crippen molar-refractivity contribution in [1.82, 2.24) is 9.80 Å². The van der Waals surface area contributed by atoms with Crippen LogP contribution in [-0.4, -0.2) is 65.6 Å². The summed E-state index contributed by atoms with van der Waals surface area (Å²) in [6, 6.07) is 0.748. The second-order valence-corrected chi connectivity index (χ2v) is 7.68. The van der Waals surface area contributed by atoms with Gasteiger partial charge in [0.1, 0.15) is 0 Å². The van der Waals surface area contributed by atoms with Gasteiger partial charge in [0, 0.05) is 29.9 Å². The Morgan fingerprint density at radius 3 is 2.84 bits per heavy atom. The summed E-state index contributed by atoms with van der Waals surface area (Å²) in [6.45, 7) is 9.13. The number of nitrogens with zero attached hydrogens (tertiary/aromatic N) is 2. The quantitative estimate of drug-likeness (QED) is 0.837. The fourth-order valence-corrected chi connectivity index (χ4v) is 5.31. The Bertz CT molecular complexity index is 287. The summed E-state index contributed by atoms with van der Waals surface area (Å²) in [5, 5.41) is 0.660. The Balaban J connectivity index is 2.01. The third-order valence-corrected chi connectivity index (χ3v) is 6.85. The summed E-state index contributed by atoms with van der Waals surface area (Å²) in [5.74, 6) is 1.31. The minimum Gasteiger partial charge on any atom is -0.329 e. The Kier molecular flexibility index (Phi) is 5.58. The van der Waals surface area contributed by atoms with Gasteiger partial charge in [0.05, 0.1) is 0 Å². The van der Waals surface area contributed by atoms with Crippen LogP contribution in [0.1, 0.15) is 39.5 Å². The molecule has 112 valence electrons. The molecule has 0 bridgehead atoms. The summed E-state index contributed by atoms with van der Waals surface area (Å²) in [7, 11) is 2.31. The van der Waals surface area contributed by atoms with Crippen molar-refractivity contribution in [2.24, 2.45) is 5.73 Å². The van der Waals surface area contributed by atoms with Gasteiger partial charge in [-0.05, 0) is 51.6 Å². The molecule has 2 rings (SSSR count). The molecule has 0 saturated carbocycles. The van der Waals surface area contributed by atoms with Crippen LogP contribution in [0.15, 0.2) is 0 Å². The lowest BCUT2D eigenvalue weighted by Crippen LogP contribution is -2.61. The largest absolute Gasteiger partial charge is 0.329 e. The predicted molar refractivity (Wildman–Crippen MR) is 85.8 cm³/mol. The Morgan fingerprint density at radius 1 is 1.42 bits per heavy atom. The van der Waals surface area contributed by atoms with E-state index in [-0.39, 0.29) is 5.54 Å². The highest BCUT2D eigenvalue weighted by Crippen LogP contribution is 2.37. The van der Waals surface area contributed by atoms with Crippen LogP contribution in [0.5, 0.6) is 0 Å². The summed E-state index contributed by atoms with van der Waals surface area (Å²) < 4.78 is 0. The van der Waals surface area contributed by atoms with Crippen molar-refractivity contribution in [3.8, 4) is 0 Å². The molecule has 2 fully saturated rings. The minimum atomic E-state index is 0.227. The number of nitrogens with two attached hydrogens (primary N) is 1. The molecule has 3 nitrogen and oxygen atoms in total. The molecule has 0 amide bonds. The highest BCUT2D eigenvalue weighted by molar-refractivity contribution is 8.00. The second kappa shape index (κ2) is 6.79. The summed E-state index contributed by atoms with van der Waals surface area (Å²) in [6.07, 6.45) is 5.32. The smallest absolute Gasteiger partial charge is 0.0445 e. The van der Waals surface area contributed by atoms with Crippen LogP contribution in [0.25, 0.3) is 0 Å². The lowest BCUT2D eigenvalue weighted by molar-refractivity contribution is 0.0805. The molecule has 4 heteroatoms. The number of hydrogen-bond acceptors (Lipinski definition) is 4. The van der Waals surface area contributed by atoms with Crippen LogP contribution in [0.2, 0.25) is 0 Å². The predicted octanol–water partition coefficient (Wildman–Crippen LogP) is 2.02. The summed E-state index contributed by atoms with van der Waals surface area (Å²) in [4.78, 5) is 5.24. The standard InChI is InChI=1S/C15H31N3S/c1-4-18-9-5-7-14(18)11-17(3)15(12-16)8-6-10-19-13(15)2/h13-14H,4-12,16H2,1-3H3. The lowest BCUT2D eigenvalue weighted by atomic mass is 9.87. The van der Waals surface area contributed by atoms with E-state index >= 15 is 0 Å². The van der Waals surface area contributed by atoms with Crippen molar-refractivity contribution >= 4 is 11.8 Å². The number of likely N-dealkylation sites (tertiary alicyclic amines) is 1. The molecule has 0 spiro atoms. The van der Waals surface area contributed by atoms with Gasteiger partial charge >= 0.3 is 0 Å². The number of hydrogen-bond donors (Lipinski definition) is 1. The molecular formula is C15H31N3S. The first-order valence-corrected chi connectivity index (χ1v) is 8.96. The van der Waals surface area contributed by atoms with Crippen LogP contribution < -0.4 is 5.73 Å². The van der Waals surface area contributed by atoms with Gasteiger partial charge in [-0.1, -0.05) is 13.8 Å². The van der Waals surface area contributed by atoms with E-state index in [4.69, 9.17) is 5.73 Å². The van der Waals surface area contributed by atoms with Crippen LogP contribution in [0.3, 0.4) is 0 Å². The molecule has 19 heavy (non-hydrogen) atoms. The second-order valence-electron chi connectivity index (χ2n) is 6.23. The first-order chi connectivity index (χ1) is 9.14. The summed E-state index contributed by atoms with van der Waals surface area (Å²) in [5.41, 5.74) is 6.43. The van der Waals surface area contributed by atoms with Crippen molar-refractivity contribution in [2.75, 3.05) is 39.0 Å². The topological polar surface area (TPSA) is 32.5 Å². The van der Waals surface area contributed by atoms with Gasteiger partial charge in [-0.3, -0.25) is 9.80 Å². The molecule has 3 atom stereocenters. The van der Waals surface area contributed by atoms with Crippen molar-refractivity contribution in [1.29, 1.82) is 0 Å². The SMILES string of the molecule is CCN1CCCC1CN(C)C1(CN)CCCSC1C. The van der Waals surface area contributed by atoms with Crippen LogP contribution >= 0.6 is 11.8 Å². The van der Waals surface area contributed by atoms with Crippen LogP contribution in [-0.2, 0) is 0 Å². The zero-order valence-electron chi connectivity index (χ0n) is 12.9. The first-order valence-electron chi connectivity index (χ1n) is 7.91. The van der Waals surface area contributed by atoms with Gasteiger partial charge < -0.3 is 5.73 Å². The zero-order chi connectivity index (χ0) is 13.9. The van der Waals surface area contributed by atoms with Crippen LogP contribution in [0.4, 0.5) is 0 Å². The normalized spacial score (nSPS) is 37.1. The monoisotopic (exact) mass is 285 g/mol. The van der Waals surface area contributed by atoms with Crippen molar-refractivity contribution in [2.45, 2.75) is 56.4 Å². The molecule has 0 radical (unpaired) electrons. The van der Waals surface area contributed by atoms with Gasteiger partial charge in [0.15, 0.2) is 0 Å². The molecule has 0 aromatic rings. The Hall–Kier alpha value is 0.230. The molecule has 2 saturated heterocycles. The Labute approximate surface area is 123 Å². The average Bonchev–Trinajstić information content (AvgIpc) is 2.86. The average molecular weight is 286 g/mol. The number of thioether (sulfide) groups is 1. The Morgan fingerprint density at radius 2 is 2.21 bits per heavy atom. The number of likely N-dealkylation sites (N-methyl/N-ethyl adjacent to an activating group) is 2. The van der Waals surface area contributed by atoms with E-state index in [9.17, 15) is 0 Å². The van der Waals surface area contributed by atoms with Gasteiger partial charge in [-0.2, -0.15) is 11.8 Å². The maximum atomic E-state index is 6.20. The molecule has 2 heterocycles. The molecule has 0 aromatic heterocycles. The van der Waals surface area contributed by atoms with Crippen molar-refractivity contribution in [3.05, 3.63) is 0 Å². The first kappa shape index (κ1) is 15.6. The van der Waals surface area contributed by atoms with Crippen LogP contribution in [0, 0.1) is 0 Å². The van der Waals surface area contributed by atoms with Crippen molar-refractivity contribution in [3.63, 3.8) is 0 Å². The third kappa shape index (κ3) is 3.12. The number of rotatable bonds is 5. The molecule has 0 aliphatic carbocycles. The van der Waals surface area contributed by atoms with E-state index in [1.54, 1.807) is 0 Å². The molecule has 3 unspecified atom stereocenters. The van der Waals surface area contributed by atoms with Gasteiger partial charge in [0.2, 0.25) is 0 Å². The highest BCUT2D eigenvalue weighted by Gasteiger charge is 2.42. The van der Waals surface area contributed by atoms with Gasteiger partial charge in [-0.25, -0.2) is 0 Å². The molecule has 2 aliphatic heterocycles. The van der Waals surface area contributed by atoms with E-state index in [0.717, 1.165) is 12.6 Å². The van der Waals surface area contributed by atoms with Crippen molar-refractivity contribution < 1.29 is 0 Å². The zero-order valence-corrected chi connectivity index (χ0v) is 13.7. The molecule has 0 aromatic carbocycles. The molecule has 2 aliphatic rings. The minimum absolute atomic E-state index is 0.227. The van der Waals surface area contributed by atoms with E-state index in [2.05, 4.69) is 42.5 Å². The van der Waals surface area contributed by atoms with Gasteiger partial charge in [-0.15, -0.1) is 0 Å². The summed E-state index contributed by atoms with van der Waals surface area (Å²) >= 11 is 2.11. The third-order valence-electron chi connectivity index (χ3n) is 5.38. The van der Waals surface area contributed by atoms with E-state index in [0.29, 0.717) is 5.25 Å².